The van der Waals surface area contributed by atoms with E-state index in [0.717, 1.165) is 12.8 Å². The molecule has 3 aromatic rings. The Morgan fingerprint density at radius 1 is 1.44 bits per heavy atom. The molecule has 0 radical (unpaired) electrons. The lowest BCUT2D eigenvalue weighted by atomic mass is 10.0. The number of aromatic nitrogens is 5. The van der Waals surface area contributed by atoms with Crippen molar-refractivity contribution < 1.29 is 9.32 Å². The highest BCUT2D eigenvalue weighted by Crippen LogP contribution is 2.50. The minimum atomic E-state index is -0.312. The third-order valence-corrected chi connectivity index (χ3v) is 5.78. The standard InChI is InChI=1S/C18H22N6O2S/c1-9(2)6-13(18-22-16(24-26-18)15-19-8-20-23-15)21-17(25)12-7-11(12)14-5-4-10(3)27-14/h4-5,8-9,11-13H,6-7H2,1-3H3,(H,21,25)(H,19,20,23)/t11-,12+,13+/m1/s1. The van der Waals surface area contributed by atoms with Crippen LogP contribution >= 0.6 is 11.3 Å². The Kier molecular flexibility index (Phi) is 4.77. The number of H-pyrrole nitrogens is 1. The second-order valence-electron chi connectivity index (χ2n) is 7.38. The van der Waals surface area contributed by atoms with Crippen molar-refractivity contribution in [3.63, 3.8) is 0 Å². The Hall–Kier alpha value is -2.55. The molecule has 142 valence electrons. The number of aryl methyl sites for hydroxylation is 1. The molecule has 27 heavy (non-hydrogen) atoms. The van der Waals surface area contributed by atoms with Gasteiger partial charge in [0, 0.05) is 21.6 Å². The van der Waals surface area contributed by atoms with E-state index in [9.17, 15) is 4.79 Å². The van der Waals surface area contributed by atoms with Gasteiger partial charge in [0.15, 0.2) is 5.82 Å². The van der Waals surface area contributed by atoms with Crippen LogP contribution in [0.1, 0.15) is 54.3 Å². The van der Waals surface area contributed by atoms with Gasteiger partial charge in [0.05, 0.1) is 0 Å². The zero-order chi connectivity index (χ0) is 19.0. The van der Waals surface area contributed by atoms with Crippen molar-refractivity contribution in [1.82, 2.24) is 30.6 Å². The quantitative estimate of drug-likeness (QED) is 0.645. The van der Waals surface area contributed by atoms with E-state index in [1.54, 1.807) is 11.3 Å². The molecule has 8 nitrogen and oxygen atoms in total. The number of nitrogens with zero attached hydrogens (tertiary/aromatic N) is 4. The summed E-state index contributed by atoms with van der Waals surface area (Å²) in [5, 5.41) is 13.6. The maximum Gasteiger partial charge on any atom is 0.249 e. The van der Waals surface area contributed by atoms with Crippen molar-refractivity contribution in [1.29, 1.82) is 0 Å². The molecule has 0 bridgehead atoms. The average Bonchev–Trinajstić information content (AvgIpc) is 3.04. The molecule has 1 amide bonds. The highest BCUT2D eigenvalue weighted by Gasteiger charge is 2.45. The zero-order valence-electron chi connectivity index (χ0n) is 15.5. The number of thiophene rings is 1. The van der Waals surface area contributed by atoms with Crippen LogP contribution in [0, 0.1) is 18.8 Å². The lowest BCUT2D eigenvalue weighted by Crippen LogP contribution is -2.31. The second-order valence-corrected chi connectivity index (χ2v) is 8.70. The van der Waals surface area contributed by atoms with Crippen molar-refractivity contribution in [2.75, 3.05) is 0 Å². The fourth-order valence-electron chi connectivity index (χ4n) is 3.21. The number of hydrogen-bond donors (Lipinski definition) is 2. The van der Waals surface area contributed by atoms with E-state index in [0.29, 0.717) is 29.4 Å². The van der Waals surface area contributed by atoms with Crippen LogP contribution in [0.15, 0.2) is 23.0 Å². The van der Waals surface area contributed by atoms with Gasteiger partial charge in [-0.2, -0.15) is 10.1 Å². The molecule has 0 aromatic carbocycles. The molecule has 0 saturated heterocycles. The predicted octanol–water partition coefficient (Wildman–Crippen LogP) is 3.23. The summed E-state index contributed by atoms with van der Waals surface area (Å²) in [6.45, 7) is 6.29. The molecule has 1 aliphatic rings. The number of carbonyl (C=O) groups excluding carboxylic acids is 1. The van der Waals surface area contributed by atoms with Crippen LogP contribution in [0.4, 0.5) is 0 Å². The normalized spacial score (nSPS) is 20.0. The third kappa shape index (κ3) is 3.92. The Balaban J connectivity index is 1.46. The minimum absolute atomic E-state index is 0.0226. The van der Waals surface area contributed by atoms with Crippen LogP contribution in [0.25, 0.3) is 11.6 Å². The first-order valence-corrected chi connectivity index (χ1v) is 9.89. The van der Waals surface area contributed by atoms with Crippen molar-refractivity contribution in [3.05, 3.63) is 34.1 Å². The number of nitrogens with one attached hydrogen (secondary N) is 2. The Morgan fingerprint density at radius 3 is 2.96 bits per heavy atom. The lowest BCUT2D eigenvalue weighted by molar-refractivity contribution is -0.123. The molecule has 1 saturated carbocycles. The van der Waals surface area contributed by atoms with Crippen molar-refractivity contribution >= 4 is 17.2 Å². The molecular weight excluding hydrogens is 364 g/mol. The van der Waals surface area contributed by atoms with Gasteiger partial charge in [-0.25, -0.2) is 4.98 Å². The van der Waals surface area contributed by atoms with Crippen LogP contribution in [0.5, 0.6) is 0 Å². The van der Waals surface area contributed by atoms with Crippen LogP contribution in [0.3, 0.4) is 0 Å². The molecule has 0 spiro atoms. The van der Waals surface area contributed by atoms with E-state index in [1.165, 1.54) is 16.1 Å². The molecule has 2 N–H and O–H groups in total. The van der Waals surface area contributed by atoms with E-state index in [-0.39, 0.29) is 17.9 Å². The van der Waals surface area contributed by atoms with Crippen molar-refractivity contribution in [2.45, 2.75) is 45.6 Å². The van der Waals surface area contributed by atoms with Gasteiger partial charge >= 0.3 is 0 Å². The molecule has 3 aromatic heterocycles. The van der Waals surface area contributed by atoms with Crippen molar-refractivity contribution in [2.24, 2.45) is 11.8 Å². The molecule has 1 fully saturated rings. The smallest absolute Gasteiger partial charge is 0.249 e. The molecule has 3 atom stereocenters. The molecule has 0 aliphatic heterocycles. The lowest BCUT2D eigenvalue weighted by Gasteiger charge is -2.17. The molecule has 4 rings (SSSR count). The van der Waals surface area contributed by atoms with E-state index < -0.39 is 0 Å². The predicted molar refractivity (Wildman–Crippen MR) is 99.9 cm³/mol. The van der Waals surface area contributed by atoms with Gasteiger partial charge in [-0.1, -0.05) is 19.0 Å². The van der Waals surface area contributed by atoms with Crippen LogP contribution in [0.2, 0.25) is 0 Å². The number of rotatable bonds is 7. The molecule has 3 heterocycles. The summed E-state index contributed by atoms with van der Waals surface area (Å²) in [4.78, 5) is 23.8. The number of amides is 1. The largest absolute Gasteiger partial charge is 0.344 e. The summed E-state index contributed by atoms with van der Waals surface area (Å²) < 4.78 is 5.41. The van der Waals surface area contributed by atoms with Gasteiger partial charge in [0.1, 0.15) is 12.4 Å². The summed E-state index contributed by atoms with van der Waals surface area (Å²) in [7, 11) is 0. The second kappa shape index (κ2) is 7.22. The van der Waals surface area contributed by atoms with Gasteiger partial charge in [-0.3, -0.25) is 9.89 Å². The van der Waals surface area contributed by atoms with Gasteiger partial charge in [0.25, 0.3) is 0 Å². The highest BCUT2D eigenvalue weighted by molar-refractivity contribution is 7.12. The first kappa shape index (κ1) is 17.8. The minimum Gasteiger partial charge on any atom is -0.344 e. The summed E-state index contributed by atoms with van der Waals surface area (Å²) in [5.41, 5.74) is 0. The SMILES string of the molecule is Cc1ccc([C@@H]2C[C@@H]2C(=O)N[C@@H](CC(C)C)c2nc(-c3ncn[nH]3)no2)s1. The summed E-state index contributed by atoms with van der Waals surface area (Å²) in [5.74, 6) is 1.94. The number of aromatic amines is 1. The Morgan fingerprint density at radius 2 is 2.30 bits per heavy atom. The maximum atomic E-state index is 12.8. The number of hydrogen-bond acceptors (Lipinski definition) is 7. The number of carbonyl (C=O) groups is 1. The molecule has 0 unspecified atom stereocenters. The van der Waals surface area contributed by atoms with Crippen LogP contribution < -0.4 is 5.32 Å². The monoisotopic (exact) mass is 386 g/mol. The topological polar surface area (TPSA) is 110 Å². The van der Waals surface area contributed by atoms with Gasteiger partial charge in [-0.05, 0) is 37.8 Å². The Labute approximate surface area is 160 Å². The van der Waals surface area contributed by atoms with E-state index in [4.69, 9.17) is 4.52 Å². The van der Waals surface area contributed by atoms with E-state index in [1.807, 2.05) is 0 Å². The summed E-state index contributed by atoms with van der Waals surface area (Å²) >= 11 is 1.77. The molecule has 1 aliphatic carbocycles. The fraction of sp³-hybridized carbons (Fsp3) is 0.500. The molecule has 9 heteroatoms. The summed E-state index contributed by atoms with van der Waals surface area (Å²) in [6.07, 6.45) is 3.00. The van der Waals surface area contributed by atoms with Gasteiger partial charge in [-0.15, -0.1) is 11.3 Å². The highest BCUT2D eigenvalue weighted by atomic mass is 32.1. The van der Waals surface area contributed by atoms with Crippen molar-refractivity contribution in [3.8, 4) is 11.6 Å². The van der Waals surface area contributed by atoms with Crippen LogP contribution in [-0.2, 0) is 4.79 Å². The van der Waals surface area contributed by atoms with Gasteiger partial charge in [0.2, 0.25) is 17.6 Å². The van der Waals surface area contributed by atoms with E-state index in [2.05, 4.69) is 63.5 Å². The third-order valence-electron chi connectivity index (χ3n) is 4.64. The van der Waals surface area contributed by atoms with Crippen LogP contribution in [-0.4, -0.2) is 31.2 Å². The zero-order valence-corrected chi connectivity index (χ0v) is 16.3. The average molecular weight is 386 g/mol. The van der Waals surface area contributed by atoms with Gasteiger partial charge < -0.3 is 9.84 Å². The first-order valence-electron chi connectivity index (χ1n) is 9.07. The Bertz CT molecular complexity index is 916. The first-order chi connectivity index (χ1) is 13.0. The summed E-state index contributed by atoms with van der Waals surface area (Å²) in [6, 6.07) is 3.93. The van der Waals surface area contributed by atoms with E-state index >= 15 is 0 Å². The fourth-order valence-corrected chi connectivity index (χ4v) is 4.27. The maximum absolute atomic E-state index is 12.8. The molecular formula is C18H22N6O2S.